The van der Waals surface area contributed by atoms with Crippen LogP contribution < -0.4 is 0 Å². The molecule has 2 rings (SSSR count). The van der Waals surface area contributed by atoms with Gasteiger partial charge in [-0.15, -0.1) is 0 Å². The van der Waals surface area contributed by atoms with E-state index in [-0.39, 0.29) is 12.1 Å². The Bertz CT molecular complexity index is 300. The topological polar surface area (TPSA) is 32.8 Å². The van der Waals surface area contributed by atoms with Gasteiger partial charge in [0, 0.05) is 20.2 Å². The summed E-state index contributed by atoms with van der Waals surface area (Å²) >= 11 is 0. The fourth-order valence-electron chi connectivity index (χ4n) is 2.56. The van der Waals surface area contributed by atoms with E-state index in [4.69, 9.17) is 4.74 Å². The summed E-state index contributed by atoms with van der Waals surface area (Å²) in [5, 5.41) is 0. The maximum atomic E-state index is 12.2. The predicted molar refractivity (Wildman–Crippen MR) is 66.9 cm³/mol. The van der Waals surface area contributed by atoms with E-state index >= 15 is 0 Å². The van der Waals surface area contributed by atoms with E-state index in [1.165, 1.54) is 0 Å². The van der Waals surface area contributed by atoms with Gasteiger partial charge < -0.3 is 14.5 Å². The van der Waals surface area contributed by atoms with E-state index in [1.54, 1.807) is 7.11 Å². The molecule has 0 spiro atoms. The molecule has 0 aromatic heterocycles. The number of amides is 2. The number of ether oxygens (including phenoxy) is 1. The molecule has 4 heteroatoms. The van der Waals surface area contributed by atoms with Gasteiger partial charge in [-0.05, 0) is 17.8 Å². The zero-order chi connectivity index (χ0) is 12.6. The number of methoxy groups -OCH3 is 1. The van der Waals surface area contributed by atoms with Crippen LogP contribution in [0.1, 0.15) is 27.2 Å². The predicted octanol–water partition coefficient (Wildman–Crippen LogP) is 1.80. The monoisotopic (exact) mass is 240 g/mol. The standard InChI is InChI=1S/C13H24N2O2/c1-10(2)13(3)5-6-14(9-13)12(16)15-7-11(8-15)17-4/h10-11H,5-9H2,1-4H3/t13-/m0/s1. The van der Waals surface area contributed by atoms with Crippen LogP contribution in [0.2, 0.25) is 0 Å². The normalized spacial score (nSPS) is 29.9. The van der Waals surface area contributed by atoms with Crippen molar-refractivity contribution in [2.24, 2.45) is 11.3 Å². The third-order valence-corrected chi connectivity index (χ3v) is 4.62. The number of carbonyl (C=O) groups excluding carboxylic acids is 1. The number of urea groups is 1. The van der Waals surface area contributed by atoms with Gasteiger partial charge in [0.25, 0.3) is 0 Å². The number of likely N-dealkylation sites (tertiary alicyclic amines) is 2. The molecule has 0 radical (unpaired) electrons. The Balaban J connectivity index is 1.87. The molecule has 2 aliphatic rings. The molecule has 2 saturated heterocycles. The van der Waals surface area contributed by atoms with Gasteiger partial charge in [0.15, 0.2) is 0 Å². The highest BCUT2D eigenvalue weighted by atomic mass is 16.5. The first kappa shape index (κ1) is 12.7. The van der Waals surface area contributed by atoms with E-state index in [9.17, 15) is 4.79 Å². The number of hydrogen-bond acceptors (Lipinski definition) is 2. The first-order valence-corrected chi connectivity index (χ1v) is 6.53. The summed E-state index contributed by atoms with van der Waals surface area (Å²) in [6.07, 6.45) is 1.37. The number of nitrogens with zero attached hydrogens (tertiary/aromatic N) is 2. The number of carbonyl (C=O) groups is 1. The molecule has 0 saturated carbocycles. The third-order valence-electron chi connectivity index (χ3n) is 4.62. The lowest BCUT2D eigenvalue weighted by Gasteiger charge is -2.40. The Kier molecular flexibility index (Phi) is 3.34. The van der Waals surface area contributed by atoms with Crippen LogP contribution in [0, 0.1) is 11.3 Å². The summed E-state index contributed by atoms with van der Waals surface area (Å²) in [5.41, 5.74) is 0.293. The van der Waals surface area contributed by atoms with Gasteiger partial charge in [0.05, 0.1) is 19.2 Å². The molecule has 0 N–H and O–H groups in total. The largest absolute Gasteiger partial charge is 0.378 e. The molecule has 17 heavy (non-hydrogen) atoms. The minimum atomic E-state index is 0.197. The summed E-state index contributed by atoms with van der Waals surface area (Å²) in [6, 6.07) is 0.197. The van der Waals surface area contributed by atoms with Crippen molar-refractivity contribution < 1.29 is 9.53 Å². The zero-order valence-electron chi connectivity index (χ0n) is 11.4. The van der Waals surface area contributed by atoms with Gasteiger partial charge in [-0.3, -0.25) is 0 Å². The smallest absolute Gasteiger partial charge is 0.320 e. The van der Waals surface area contributed by atoms with E-state index in [1.807, 2.05) is 9.80 Å². The quantitative estimate of drug-likeness (QED) is 0.737. The first-order chi connectivity index (χ1) is 7.96. The molecule has 4 nitrogen and oxygen atoms in total. The molecule has 0 unspecified atom stereocenters. The van der Waals surface area contributed by atoms with Crippen molar-refractivity contribution in [3.63, 3.8) is 0 Å². The van der Waals surface area contributed by atoms with E-state index in [2.05, 4.69) is 20.8 Å². The van der Waals surface area contributed by atoms with Crippen molar-refractivity contribution in [2.75, 3.05) is 33.3 Å². The fourth-order valence-corrected chi connectivity index (χ4v) is 2.56. The highest BCUT2D eigenvalue weighted by Crippen LogP contribution is 2.37. The molecule has 0 bridgehead atoms. The van der Waals surface area contributed by atoms with E-state index in [0.29, 0.717) is 11.3 Å². The molecule has 98 valence electrons. The van der Waals surface area contributed by atoms with Gasteiger partial charge in [0.2, 0.25) is 0 Å². The molecule has 2 fully saturated rings. The Morgan fingerprint density at radius 3 is 2.47 bits per heavy atom. The second-order valence-electron chi connectivity index (χ2n) is 6.03. The molecule has 0 aromatic carbocycles. The van der Waals surface area contributed by atoms with Gasteiger partial charge in [-0.1, -0.05) is 20.8 Å². The summed E-state index contributed by atoms with van der Waals surface area (Å²) in [7, 11) is 1.71. The van der Waals surface area contributed by atoms with Gasteiger partial charge in [0.1, 0.15) is 0 Å². The Morgan fingerprint density at radius 2 is 2.00 bits per heavy atom. The molecule has 0 aromatic rings. The summed E-state index contributed by atoms with van der Waals surface area (Å²) in [6.45, 7) is 10.1. The van der Waals surface area contributed by atoms with Gasteiger partial charge in [-0.2, -0.15) is 0 Å². The Morgan fingerprint density at radius 1 is 1.35 bits per heavy atom. The Hall–Kier alpha value is -0.770. The lowest BCUT2D eigenvalue weighted by Crippen LogP contribution is -2.58. The van der Waals surface area contributed by atoms with Crippen LogP contribution in [0.5, 0.6) is 0 Å². The lowest BCUT2D eigenvalue weighted by atomic mass is 9.79. The van der Waals surface area contributed by atoms with Gasteiger partial charge in [-0.25, -0.2) is 4.79 Å². The molecule has 1 atom stereocenters. The van der Waals surface area contributed by atoms with Crippen molar-refractivity contribution >= 4 is 6.03 Å². The molecular formula is C13H24N2O2. The average molecular weight is 240 g/mol. The maximum Gasteiger partial charge on any atom is 0.320 e. The van der Waals surface area contributed by atoms with Crippen LogP contribution >= 0.6 is 0 Å². The minimum Gasteiger partial charge on any atom is -0.378 e. The first-order valence-electron chi connectivity index (χ1n) is 6.53. The second kappa shape index (κ2) is 4.48. The van der Waals surface area contributed by atoms with Crippen LogP contribution in [-0.2, 0) is 4.74 Å². The van der Waals surface area contributed by atoms with Gasteiger partial charge >= 0.3 is 6.03 Å². The summed E-state index contributed by atoms with van der Waals surface area (Å²) in [5.74, 6) is 0.628. The summed E-state index contributed by atoms with van der Waals surface area (Å²) in [4.78, 5) is 16.1. The molecule has 0 aliphatic carbocycles. The van der Waals surface area contributed by atoms with E-state index in [0.717, 1.165) is 32.6 Å². The van der Waals surface area contributed by atoms with Crippen molar-refractivity contribution in [3.05, 3.63) is 0 Å². The van der Waals surface area contributed by atoms with Crippen LogP contribution in [0.25, 0.3) is 0 Å². The maximum absolute atomic E-state index is 12.2. The molecule has 2 heterocycles. The highest BCUT2D eigenvalue weighted by molar-refractivity contribution is 5.75. The molecule has 2 aliphatic heterocycles. The Labute approximate surface area is 104 Å². The van der Waals surface area contributed by atoms with Crippen LogP contribution in [-0.4, -0.2) is 55.2 Å². The minimum absolute atomic E-state index is 0.197. The average Bonchev–Trinajstić information content (AvgIpc) is 2.60. The fraction of sp³-hybridized carbons (Fsp3) is 0.923. The number of rotatable bonds is 2. The van der Waals surface area contributed by atoms with Crippen LogP contribution in [0.4, 0.5) is 4.79 Å². The lowest BCUT2D eigenvalue weighted by molar-refractivity contribution is -0.0149. The van der Waals surface area contributed by atoms with Crippen molar-refractivity contribution in [1.29, 1.82) is 0 Å². The van der Waals surface area contributed by atoms with Crippen molar-refractivity contribution in [2.45, 2.75) is 33.3 Å². The third kappa shape index (κ3) is 2.28. The van der Waals surface area contributed by atoms with E-state index < -0.39 is 0 Å². The van der Waals surface area contributed by atoms with Crippen molar-refractivity contribution in [1.82, 2.24) is 9.80 Å². The second-order valence-corrected chi connectivity index (χ2v) is 6.03. The SMILES string of the molecule is COC1CN(C(=O)N2CC[C@](C)(C(C)C)C2)C1. The highest BCUT2D eigenvalue weighted by Gasteiger charge is 2.41. The number of hydrogen-bond donors (Lipinski definition) is 0. The van der Waals surface area contributed by atoms with Crippen molar-refractivity contribution in [3.8, 4) is 0 Å². The van der Waals surface area contributed by atoms with Crippen LogP contribution in [0.3, 0.4) is 0 Å². The zero-order valence-corrected chi connectivity index (χ0v) is 11.4. The van der Waals surface area contributed by atoms with Crippen LogP contribution in [0.15, 0.2) is 0 Å². The summed E-state index contributed by atoms with van der Waals surface area (Å²) < 4.78 is 5.20. The molecular weight excluding hydrogens is 216 g/mol. The molecule has 2 amide bonds.